The second-order valence-corrected chi connectivity index (χ2v) is 9.79. The Hall–Kier alpha value is -4.37. The number of aromatic nitrogens is 2. The Morgan fingerprint density at radius 3 is 2.41 bits per heavy atom. The van der Waals surface area contributed by atoms with Gasteiger partial charge in [0.2, 0.25) is 5.13 Å². The topological polar surface area (TPSA) is 92.6 Å². The number of ether oxygens (including phenoxy) is 1. The number of amides is 1. The number of rotatable bonds is 6. The molecule has 1 atom stereocenters. The zero-order valence-corrected chi connectivity index (χ0v) is 20.8. The van der Waals surface area contributed by atoms with Crippen molar-refractivity contribution in [2.75, 3.05) is 4.90 Å². The van der Waals surface area contributed by atoms with Crippen molar-refractivity contribution in [1.82, 2.24) is 10.2 Å². The molecule has 5 rings (SSSR count). The first kappa shape index (κ1) is 24.3. The fourth-order valence-electron chi connectivity index (χ4n) is 4.21. The average molecular weight is 516 g/mol. The molecule has 0 aliphatic carbocycles. The molecule has 0 spiro atoms. The highest BCUT2D eigenvalue weighted by Gasteiger charge is 2.48. The molecular formula is C28H22FN3O4S. The van der Waals surface area contributed by atoms with E-state index < -0.39 is 23.5 Å². The number of ketones is 1. The molecule has 1 saturated heterocycles. The Kier molecular flexibility index (Phi) is 6.54. The van der Waals surface area contributed by atoms with Crippen LogP contribution >= 0.6 is 11.3 Å². The molecule has 37 heavy (non-hydrogen) atoms. The van der Waals surface area contributed by atoms with E-state index in [2.05, 4.69) is 10.2 Å². The number of aliphatic hydroxyl groups excluding tert-OH is 1. The van der Waals surface area contributed by atoms with Crippen molar-refractivity contribution in [3.63, 3.8) is 0 Å². The van der Waals surface area contributed by atoms with Gasteiger partial charge in [0.05, 0.1) is 11.6 Å². The number of benzene rings is 3. The third kappa shape index (κ3) is 4.85. The van der Waals surface area contributed by atoms with Crippen LogP contribution in [0.1, 0.15) is 33.3 Å². The summed E-state index contributed by atoms with van der Waals surface area (Å²) >= 11 is 1.14. The Labute approximate surface area is 216 Å². The van der Waals surface area contributed by atoms with Gasteiger partial charge in [-0.3, -0.25) is 14.5 Å². The van der Waals surface area contributed by atoms with Gasteiger partial charge in [-0.1, -0.05) is 53.3 Å². The summed E-state index contributed by atoms with van der Waals surface area (Å²) in [5.74, 6) is -1.93. The van der Waals surface area contributed by atoms with Gasteiger partial charge in [-0.05, 0) is 61.4 Å². The Bertz CT molecular complexity index is 1510. The van der Waals surface area contributed by atoms with Gasteiger partial charge in [0.25, 0.3) is 5.78 Å². The van der Waals surface area contributed by atoms with Gasteiger partial charge in [0, 0.05) is 5.56 Å². The number of hydrogen-bond acceptors (Lipinski definition) is 7. The summed E-state index contributed by atoms with van der Waals surface area (Å²) in [7, 11) is 0. The second kappa shape index (κ2) is 9.94. The fourth-order valence-corrected chi connectivity index (χ4v) is 4.92. The summed E-state index contributed by atoms with van der Waals surface area (Å²) in [4.78, 5) is 27.4. The molecule has 0 bridgehead atoms. The van der Waals surface area contributed by atoms with Gasteiger partial charge in [-0.2, -0.15) is 0 Å². The van der Waals surface area contributed by atoms with Crippen molar-refractivity contribution < 1.29 is 23.8 Å². The van der Waals surface area contributed by atoms with E-state index in [4.69, 9.17) is 4.74 Å². The minimum absolute atomic E-state index is 0.113. The maximum absolute atomic E-state index is 13.7. The highest BCUT2D eigenvalue weighted by molar-refractivity contribution is 7.15. The van der Waals surface area contributed by atoms with E-state index in [1.54, 1.807) is 31.2 Å². The van der Waals surface area contributed by atoms with Crippen molar-refractivity contribution in [2.24, 2.45) is 0 Å². The van der Waals surface area contributed by atoms with E-state index in [0.29, 0.717) is 28.5 Å². The van der Waals surface area contributed by atoms with E-state index >= 15 is 0 Å². The van der Waals surface area contributed by atoms with Crippen LogP contribution in [0.3, 0.4) is 0 Å². The molecule has 7 nitrogen and oxygen atoms in total. The van der Waals surface area contributed by atoms with Gasteiger partial charge in [0.1, 0.15) is 28.9 Å². The number of anilines is 1. The standard InChI is InChI=1S/C28H22FN3O4S/c1-16-4-3-5-18(14-16)15-36-22-12-8-20(9-13-22)25(33)23-24(19-6-10-21(29)11-7-19)32(27(35)26(23)34)28-31-30-17(2)37-28/h3-14,24,33H,15H2,1-2H3/t24-/m0/s1. The zero-order chi connectivity index (χ0) is 26.1. The van der Waals surface area contributed by atoms with Gasteiger partial charge < -0.3 is 9.84 Å². The number of aryl methyl sites for hydroxylation is 2. The number of hydrogen-bond donors (Lipinski definition) is 1. The lowest BCUT2D eigenvalue weighted by Gasteiger charge is -2.22. The quantitative estimate of drug-likeness (QED) is 0.207. The first-order chi connectivity index (χ1) is 17.8. The van der Waals surface area contributed by atoms with Crippen molar-refractivity contribution >= 4 is 33.9 Å². The largest absolute Gasteiger partial charge is 0.507 e. The van der Waals surface area contributed by atoms with Crippen LogP contribution in [0.25, 0.3) is 5.76 Å². The number of carbonyl (C=O) groups is 2. The highest BCUT2D eigenvalue weighted by atomic mass is 32.1. The SMILES string of the molecule is Cc1cccc(COc2ccc(C(O)=C3C(=O)C(=O)N(c4nnc(C)s4)[C@H]3c3ccc(F)cc3)cc2)c1. The highest BCUT2D eigenvalue weighted by Crippen LogP contribution is 2.43. The molecule has 0 radical (unpaired) electrons. The molecule has 1 N–H and O–H groups in total. The third-order valence-corrected chi connectivity index (χ3v) is 6.81. The predicted molar refractivity (Wildman–Crippen MR) is 138 cm³/mol. The van der Waals surface area contributed by atoms with Crippen LogP contribution in [0.2, 0.25) is 0 Å². The molecule has 9 heteroatoms. The summed E-state index contributed by atoms with van der Waals surface area (Å²) in [6, 6.07) is 19.0. The minimum Gasteiger partial charge on any atom is -0.507 e. The molecule has 3 aromatic carbocycles. The van der Waals surface area contributed by atoms with Crippen LogP contribution in [0, 0.1) is 19.7 Å². The van der Waals surface area contributed by atoms with E-state index in [1.807, 2.05) is 31.2 Å². The van der Waals surface area contributed by atoms with Gasteiger partial charge in [0.15, 0.2) is 0 Å². The summed E-state index contributed by atoms with van der Waals surface area (Å²) in [6.07, 6.45) is 0. The molecule has 1 aromatic heterocycles. The predicted octanol–water partition coefficient (Wildman–Crippen LogP) is 5.50. The van der Waals surface area contributed by atoms with Crippen LogP contribution in [-0.4, -0.2) is 27.0 Å². The Morgan fingerprint density at radius 2 is 1.76 bits per heavy atom. The number of Topliss-reactive ketones (excluding diaryl/α,β-unsaturated/α-hetero) is 1. The van der Waals surface area contributed by atoms with Crippen LogP contribution in [-0.2, 0) is 16.2 Å². The Morgan fingerprint density at radius 1 is 1.03 bits per heavy atom. The molecule has 4 aromatic rings. The lowest BCUT2D eigenvalue weighted by Crippen LogP contribution is -2.29. The van der Waals surface area contributed by atoms with Gasteiger partial charge in [-0.15, -0.1) is 10.2 Å². The summed E-state index contributed by atoms with van der Waals surface area (Å²) in [5.41, 5.74) is 2.84. The average Bonchev–Trinajstić information content (AvgIpc) is 3.43. The van der Waals surface area contributed by atoms with Gasteiger partial charge in [-0.25, -0.2) is 4.39 Å². The third-order valence-electron chi connectivity index (χ3n) is 5.97. The molecule has 0 saturated carbocycles. The van der Waals surface area contributed by atoms with Crippen LogP contribution < -0.4 is 9.64 Å². The molecular weight excluding hydrogens is 493 g/mol. The first-order valence-electron chi connectivity index (χ1n) is 11.5. The molecule has 2 heterocycles. The normalized spacial score (nSPS) is 16.8. The number of carbonyl (C=O) groups excluding carboxylic acids is 2. The molecule has 1 amide bonds. The minimum atomic E-state index is -0.995. The maximum Gasteiger partial charge on any atom is 0.301 e. The van der Waals surface area contributed by atoms with Crippen LogP contribution in [0.15, 0.2) is 78.4 Å². The lowest BCUT2D eigenvalue weighted by atomic mass is 9.95. The van der Waals surface area contributed by atoms with Crippen molar-refractivity contribution in [2.45, 2.75) is 26.5 Å². The Balaban J connectivity index is 1.50. The van der Waals surface area contributed by atoms with E-state index in [1.165, 1.54) is 29.2 Å². The smallest absolute Gasteiger partial charge is 0.301 e. The summed E-state index contributed by atoms with van der Waals surface area (Å²) in [5, 5.41) is 20.0. The summed E-state index contributed by atoms with van der Waals surface area (Å²) in [6.45, 7) is 4.12. The summed E-state index contributed by atoms with van der Waals surface area (Å²) < 4.78 is 19.5. The van der Waals surface area contributed by atoms with E-state index in [-0.39, 0.29) is 16.5 Å². The maximum atomic E-state index is 13.7. The monoisotopic (exact) mass is 515 g/mol. The number of aliphatic hydroxyl groups is 1. The molecule has 1 aliphatic heterocycles. The first-order valence-corrected chi connectivity index (χ1v) is 12.3. The molecule has 186 valence electrons. The fraction of sp³-hybridized carbons (Fsp3) is 0.143. The van der Waals surface area contributed by atoms with E-state index in [9.17, 15) is 19.1 Å². The van der Waals surface area contributed by atoms with Crippen LogP contribution in [0.5, 0.6) is 5.75 Å². The molecule has 0 unspecified atom stereocenters. The van der Waals surface area contributed by atoms with Crippen molar-refractivity contribution in [3.05, 3.63) is 111 Å². The second-order valence-electron chi connectivity index (χ2n) is 8.63. The van der Waals surface area contributed by atoms with Crippen LogP contribution in [0.4, 0.5) is 9.52 Å². The molecule has 1 fully saturated rings. The lowest BCUT2D eigenvalue weighted by molar-refractivity contribution is -0.132. The number of halogens is 1. The van der Waals surface area contributed by atoms with E-state index in [0.717, 1.165) is 22.5 Å². The van der Waals surface area contributed by atoms with Crippen molar-refractivity contribution in [1.29, 1.82) is 0 Å². The number of nitrogens with zero attached hydrogens (tertiary/aromatic N) is 3. The van der Waals surface area contributed by atoms with Gasteiger partial charge >= 0.3 is 5.91 Å². The van der Waals surface area contributed by atoms with Crippen molar-refractivity contribution in [3.8, 4) is 5.75 Å². The molecule has 1 aliphatic rings. The zero-order valence-electron chi connectivity index (χ0n) is 20.0.